The number of nitrogens with zero attached hydrogens (tertiary/aromatic N) is 2. The summed E-state index contributed by atoms with van der Waals surface area (Å²) in [5, 5.41) is 0.899. The molecule has 1 aliphatic carbocycles. The molecule has 0 saturated heterocycles. The highest BCUT2D eigenvalue weighted by molar-refractivity contribution is 6.28. The topological polar surface area (TPSA) is 51.8 Å². The van der Waals surface area contributed by atoms with E-state index in [1.807, 2.05) is 0 Å². The highest BCUT2D eigenvalue weighted by Crippen LogP contribution is 2.44. The Bertz CT molecular complexity index is 575. The molecule has 0 spiro atoms. The summed E-state index contributed by atoms with van der Waals surface area (Å²) in [6.45, 7) is 0. The molecule has 2 N–H and O–H groups in total. The summed E-state index contributed by atoms with van der Waals surface area (Å²) in [5.74, 6) is -0.338. The number of nitrogens with two attached hydrogens (primary N) is 1. The van der Waals surface area contributed by atoms with Gasteiger partial charge in [0.05, 0.1) is 16.7 Å². The zero-order chi connectivity index (χ0) is 11.3. The lowest BCUT2D eigenvalue weighted by molar-refractivity contribution is 0.629. The second-order valence-electron chi connectivity index (χ2n) is 4.16. The lowest BCUT2D eigenvalue weighted by Crippen LogP contribution is -2.21. The van der Waals surface area contributed by atoms with Crippen molar-refractivity contribution in [1.82, 2.24) is 9.97 Å². The van der Waals surface area contributed by atoms with Gasteiger partial charge >= 0.3 is 0 Å². The SMILES string of the molecule is NC1(c2nc(Cl)nc3cc(F)ccc23)CC1. The number of fused-ring (bicyclic) bond motifs is 1. The Morgan fingerprint density at radius 1 is 1.31 bits per heavy atom. The van der Waals surface area contributed by atoms with E-state index >= 15 is 0 Å². The lowest BCUT2D eigenvalue weighted by atomic mass is 10.1. The molecule has 3 rings (SSSR count). The van der Waals surface area contributed by atoms with Crippen LogP contribution in [0.3, 0.4) is 0 Å². The summed E-state index contributed by atoms with van der Waals surface area (Å²) in [6, 6.07) is 4.39. The predicted molar refractivity (Wildman–Crippen MR) is 59.6 cm³/mol. The predicted octanol–water partition coefficient (Wildman–Crippen LogP) is 2.37. The zero-order valence-electron chi connectivity index (χ0n) is 8.37. The third-order valence-corrected chi connectivity index (χ3v) is 3.06. The molecule has 82 valence electrons. The minimum absolute atomic E-state index is 0.116. The van der Waals surface area contributed by atoms with Gasteiger partial charge in [-0.2, -0.15) is 0 Å². The van der Waals surface area contributed by atoms with Crippen molar-refractivity contribution in [2.45, 2.75) is 18.4 Å². The van der Waals surface area contributed by atoms with E-state index in [9.17, 15) is 4.39 Å². The molecule has 1 aliphatic rings. The summed E-state index contributed by atoms with van der Waals surface area (Å²) in [7, 11) is 0. The van der Waals surface area contributed by atoms with E-state index < -0.39 is 5.54 Å². The second-order valence-corrected chi connectivity index (χ2v) is 4.50. The molecule has 0 amide bonds. The maximum atomic E-state index is 13.1. The second kappa shape index (κ2) is 3.12. The monoisotopic (exact) mass is 237 g/mol. The minimum atomic E-state index is -0.400. The van der Waals surface area contributed by atoms with Crippen molar-refractivity contribution in [3.05, 3.63) is 35.0 Å². The maximum Gasteiger partial charge on any atom is 0.223 e. The van der Waals surface area contributed by atoms with Crippen molar-refractivity contribution in [3.8, 4) is 0 Å². The average molecular weight is 238 g/mol. The minimum Gasteiger partial charge on any atom is -0.320 e. The Hall–Kier alpha value is -1.26. The molecule has 5 heteroatoms. The van der Waals surface area contributed by atoms with Gasteiger partial charge in [0.15, 0.2) is 0 Å². The van der Waals surface area contributed by atoms with Crippen LogP contribution in [0.25, 0.3) is 10.9 Å². The van der Waals surface area contributed by atoms with Gasteiger partial charge in [-0.05, 0) is 36.6 Å². The van der Waals surface area contributed by atoms with Crippen molar-refractivity contribution >= 4 is 22.5 Å². The third kappa shape index (κ3) is 1.45. The van der Waals surface area contributed by atoms with Crippen molar-refractivity contribution in [2.24, 2.45) is 5.73 Å². The molecule has 1 aromatic heterocycles. The molecule has 0 aliphatic heterocycles. The van der Waals surface area contributed by atoms with Crippen LogP contribution < -0.4 is 5.73 Å². The fourth-order valence-electron chi connectivity index (χ4n) is 1.83. The van der Waals surface area contributed by atoms with E-state index in [0.29, 0.717) is 5.52 Å². The van der Waals surface area contributed by atoms with Gasteiger partial charge in [-0.15, -0.1) is 0 Å². The van der Waals surface area contributed by atoms with Crippen molar-refractivity contribution < 1.29 is 4.39 Å². The van der Waals surface area contributed by atoms with Gasteiger partial charge in [0, 0.05) is 11.5 Å². The van der Waals surface area contributed by atoms with Crippen LogP contribution >= 0.6 is 11.6 Å². The molecule has 1 saturated carbocycles. The number of hydrogen-bond donors (Lipinski definition) is 1. The first-order chi connectivity index (χ1) is 7.58. The first kappa shape index (κ1) is 9.93. The lowest BCUT2D eigenvalue weighted by Gasteiger charge is -2.11. The summed E-state index contributed by atoms with van der Waals surface area (Å²) >= 11 is 5.81. The fourth-order valence-corrected chi connectivity index (χ4v) is 2.00. The van der Waals surface area contributed by atoms with Crippen LogP contribution in [0.2, 0.25) is 5.28 Å². The van der Waals surface area contributed by atoms with Gasteiger partial charge in [-0.3, -0.25) is 0 Å². The molecule has 0 unspecified atom stereocenters. The molecule has 3 nitrogen and oxygen atoms in total. The average Bonchev–Trinajstić information content (AvgIpc) is 2.96. The Labute approximate surface area is 96.5 Å². The summed E-state index contributed by atoms with van der Waals surface area (Å²) < 4.78 is 13.1. The normalized spacial score (nSPS) is 17.7. The summed E-state index contributed by atoms with van der Waals surface area (Å²) in [4.78, 5) is 8.17. The van der Waals surface area contributed by atoms with Gasteiger partial charge in [0.1, 0.15) is 5.82 Å². The number of aromatic nitrogens is 2. The van der Waals surface area contributed by atoms with E-state index in [4.69, 9.17) is 17.3 Å². The smallest absolute Gasteiger partial charge is 0.223 e. The van der Waals surface area contributed by atoms with Gasteiger partial charge in [0.25, 0.3) is 0 Å². The Balaban J connectivity index is 2.35. The van der Waals surface area contributed by atoms with E-state index in [1.165, 1.54) is 12.1 Å². The van der Waals surface area contributed by atoms with Crippen molar-refractivity contribution in [1.29, 1.82) is 0 Å². The largest absolute Gasteiger partial charge is 0.320 e. The molecule has 16 heavy (non-hydrogen) atoms. The molecule has 0 atom stereocenters. The zero-order valence-corrected chi connectivity index (χ0v) is 9.13. The van der Waals surface area contributed by atoms with Crippen LogP contribution in [0.4, 0.5) is 4.39 Å². The van der Waals surface area contributed by atoms with Gasteiger partial charge in [0.2, 0.25) is 5.28 Å². The van der Waals surface area contributed by atoms with Crippen LogP contribution in [0.15, 0.2) is 18.2 Å². The molecule has 0 radical (unpaired) electrons. The number of rotatable bonds is 1. The summed E-state index contributed by atoms with van der Waals surface area (Å²) in [6.07, 6.45) is 1.76. The van der Waals surface area contributed by atoms with Crippen LogP contribution in [-0.4, -0.2) is 9.97 Å². The van der Waals surface area contributed by atoms with Crippen LogP contribution in [-0.2, 0) is 5.54 Å². The molecule has 2 aromatic rings. The Morgan fingerprint density at radius 3 is 2.75 bits per heavy atom. The van der Waals surface area contributed by atoms with Crippen LogP contribution in [0, 0.1) is 5.82 Å². The van der Waals surface area contributed by atoms with Gasteiger partial charge in [-0.1, -0.05) is 0 Å². The van der Waals surface area contributed by atoms with E-state index in [1.54, 1.807) is 6.07 Å². The van der Waals surface area contributed by atoms with Crippen LogP contribution in [0.5, 0.6) is 0 Å². The first-order valence-corrected chi connectivity index (χ1v) is 5.38. The molecule has 1 aromatic carbocycles. The molecule has 0 bridgehead atoms. The van der Waals surface area contributed by atoms with Crippen molar-refractivity contribution in [2.75, 3.05) is 0 Å². The fraction of sp³-hybridized carbons (Fsp3) is 0.273. The molecule has 1 fully saturated rings. The first-order valence-electron chi connectivity index (χ1n) is 5.01. The van der Waals surface area contributed by atoms with Gasteiger partial charge in [-0.25, -0.2) is 14.4 Å². The third-order valence-electron chi connectivity index (χ3n) is 2.89. The number of halogens is 2. The molecular formula is C11H9ClFN3. The standard InChI is InChI=1S/C11H9ClFN3/c12-10-15-8-5-6(13)1-2-7(8)9(16-10)11(14)3-4-11/h1-2,5H,3-4,14H2. The van der Waals surface area contributed by atoms with E-state index in [-0.39, 0.29) is 11.1 Å². The maximum absolute atomic E-state index is 13.1. The van der Waals surface area contributed by atoms with Gasteiger partial charge < -0.3 is 5.73 Å². The molecular weight excluding hydrogens is 229 g/mol. The van der Waals surface area contributed by atoms with E-state index in [0.717, 1.165) is 23.9 Å². The number of benzene rings is 1. The Kier molecular flexibility index (Phi) is 1.94. The number of hydrogen-bond acceptors (Lipinski definition) is 3. The van der Waals surface area contributed by atoms with Crippen LogP contribution in [0.1, 0.15) is 18.5 Å². The van der Waals surface area contributed by atoms with Crippen molar-refractivity contribution in [3.63, 3.8) is 0 Å². The highest BCUT2D eigenvalue weighted by Gasteiger charge is 2.43. The van der Waals surface area contributed by atoms with E-state index in [2.05, 4.69) is 9.97 Å². The highest BCUT2D eigenvalue weighted by atomic mass is 35.5. The summed E-state index contributed by atoms with van der Waals surface area (Å²) in [5.41, 5.74) is 6.93. The quantitative estimate of drug-likeness (QED) is 0.775. The molecule has 1 heterocycles. The Morgan fingerprint density at radius 2 is 2.06 bits per heavy atom.